The number of carbonyl (C=O) groups excluding carboxylic acids is 1. The lowest BCUT2D eigenvalue weighted by Crippen LogP contribution is -2.21. The smallest absolute Gasteiger partial charge is 0.204 e. The highest BCUT2D eigenvalue weighted by atomic mass is 32.2. The van der Waals surface area contributed by atoms with Crippen LogP contribution in [0.2, 0.25) is 0 Å². The Morgan fingerprint density at radius 2 is 1.84 bits per heavy atom. The Hall–Kier alpha value is -2.90. The molecule has 3 rings (SSSR count). The fourth-order valence-electron chi connectivity index (χ4n) is 4.39. The van der Waals surface area contributed by atoms with E-state index in [1.54, 1.807) is 11.8 Å². The molecule has 7 heteroatoms. The summed E-state index contributed by atoms with van der Waals surface area (Å²) in [6.07, 6.45) is 5.24. The van der Waals surface area contributed by atoms with Gasteiger partial charge < -0.3 is 16.0 Å². The summed E-state index contributed by atoms with van der Waals surface area (Å²) in [5.74, 6) is 0.249. The lowest BCUT2D eigenvalue weighted by Gasteiger charge is -2.21. The van der Waals surface area contributed by atoms with Crippen LogP contribution in [0, 0.1) is 5.82 Å². The molecule has 0 spiro atoms. The van der Waals surface area contributed by atoms with Gasteiger partial charge in [0.2, 0.25) is 6.41 Å². The first kappa shape index (κ1) is 30.3. The van der Waals surface area contributed by atoms with E-state index in [-0.39, 0.29) is 12.2 Å². The zero-order valence-electron chi connectivity index (χ0n) is 23.0. The summed E-state index contributed by atoms with van der Waals surface area (Å²) in [7, 11) is 4.13. The van der Waals surface area contributed by atoms with Gasteiger partial charge in [0.05, 0.1) is 5.69 Å². The average molecular weight is 525 g/mol. The van der Waals surface area contributed by atoms with Crippen molar-refractivity contribution in [2.45, 2.75) is 57.4 Å². The molecular formula is C30H41FN4OS. The van der Waals surface area contributed by atoms with Crippen molar-refractivity contribution < 1.29 is 9.18 Å². The number of primary amides is 1. The van der Waals surface area contributed by atoms with Crippen LogP contribution >= 0.6 is 11.8 Å². The summed E-state index contributed by atoms with van der Waals surface area (Å²) in [6, 6.07) is 15.7. The molecule has 1 amide bonds. The molecule has 1 heterocycles. The summed E-state index contributed by atoms with van der Waals surface area (Å²) in [5, 5.41) is 3.26. The highest BCUT2D eigenvalue weighted by Crippen LogP contribution is 2.32. The third-order valence-corrected chi connectivity index (χ3v) is 7.34. The number of likely N-dealkylation sites (N-methyl/N-ethyl adjacent to an activating group) is 1. The number of hydrogen-bond donors (Lipinski definition) is 2. The highest BCUT2D eigenvalue weighted by molar-refractivity contribution is 7.98. The Balaban J connectivity index is 0.00000153. The molecule has 200 valence electrons. The van der Waals surface area contributed by atoms with Crippen molar-refractivity contribution in [2.24, 2.45) is 5.73 Å². The quantitative estimate of drug-likeness (QED) is 0.221. The molecule has 5 nitrogen and oxygen atoms in total. The number of nitrogens with one attached hydrogen (secondary N) is 1. The number of hydrogen-bond acceptors (Lipinski definition) is 5. The molecule has 0 bridgehead atoms. The molecule has 1 unspecified atom stereocenters. The predicted octanol–water partition coefficient (Wildman–Crippen LogP) is 6.50. The minimum Gasteiger partial charge on any atom is -0.387 e. The second-order valence-electron chi connectivity index (χ2n) is 9.11. The van der Waals surface area contributed by atoms with Gasteiger partial charge in [0, 0.05) is 48.4 Å². The largest absolute Gasteiger partial charge is 0.387 e. The number of benzene rings is 2. The Kier molecular flexibility index (Phi) is 12.6. The van der Waals surface area contributed by atoms with E-state index in [4.69, 9.17) is 9.78 Å². The molecule has 3 aromatic rings. The number of aromatic nitrogens is 1. The third-order valence-electron chi connectivity index (χ3n) is 6.56. The molecular weight excluding hydrogens is 483 g/mol. The molecule has 0 saturated heterocycles. The number of anilines is 1. The summed E-state index contributed by atoms with van der Waals surface area (Å²) in [4.78, 5) is 17.3. The fourth-order valence-corrected chi connectivity index (χ4v) is 5.05. The summed E-state index contributed by atoms with van der Waals surface area (Å²) < 4.78 is 13.6. The zero-order chi connectivity index (χ0) is 27.4. The van der Waals surface area contributed by atoms with Crippen LogP contribution in [0.5, 0.6) is 0 Å². The maximum Gasteiger partial charge on any atom is 0.204 e. The molecule has 0 aliphatic rings. The van der Waals surface area contributed by atoms with Crippen LogP contribution in [-0.4, -0.2) is 43.2 Å². The van der Waals surface area contributed by atoms with Crippen LogP contribution in [0.1, 0.15) is 55.5 Å². The van der Waals surface area contributed by atoms with Crippen molar-refractivity contribution in [1.82, 2.24) is 9.88 Å². The Morgan fingerprint density at radius 3 is 2.41 bits per heavy atom. The number of nitrogens with zero attached hydrogens (tertiary/aromatic N) is 2. The second kappa shape index (κ2) is 15.4. The van der Waals surface area contributed by atoms with Crippen molar-refractivity contribution in [3.63, 3.8) is 0 Å². The molecule has 0 fully saturated rings. The van der Waals surface area contributed by atoms with Crippen molar-refractivity contribution in [1.29, 1.82) is 0 Å². The molecule has 1 atom stereocenters. The van der Waals surface area contributed by atoms with E-state index < -0.39 is 0 Å². The second-order valence-corrected chi connectivity index (χ2v) is 9.96. The van der Waals surface area contributed by atoms with Crippen LogP contribution in [0.3, 0.4) is 0 Å². The van der Waals surface area contributed by atoms with Gasteiger partial charge in [0.25, 0.3) is 0 Å². The Labute approximate surface area is 226 Å². The van der Waals surface area contributed by atoms with Crippen LogP contribution in [0.25, 0.3) is 11.3 Å². The van der Waals surface area contributed by atoms with Gasteiger partial charge in [-0.15, -0.1) is 11.8 Å². The van der Waals surface area contributed by atoms with Crippen molar-refractivity contribution >= 4 is 23.9 Å². The first-order valence-corrected chi connectivity index (χ1v) is 14.0. The van der Waals surface area contributed by atoms with Crippen molar-refractivity contribution in [2.75, 3.05) is 32.2 Å². The van der Waals surface area contributed by atoms with Gasteiger partial charge in [-0.05, 0) is 91.2 Å². The summed E-state index contributed by atoms with van der Waals surface area (Å²) >= 11 is 1.77. The Bertz CT molecular complexity index is 1140. The number of amides is 1. The number of thioether (sulfide) groups is 1. The molecule has 37 heavy (non-hydrogen) atoms. The van der Waals surface area contributed by atoms with Gasteiger partial charge in [-0.2, -0.15) is 0 Å². The van der Waals surface area contributed by atoms with Crippen molar-refractivity contribution in [3.8, 4) is 11.3 Å². The molecule has 0 saturated carbocycles. The molecule has 1 aromatic heterocycles. The third kappa shape index (κ3) is 8.58. The van der Waals surface area contributed by atoms with Gasteiger partial charge in [-0.3, -0.25) is 9.78 Å². The van der Waals surface area contributed by atoms with Gasteiger partial charge in [-0.25, -0.2) is 4.39 Å². The maximum atomic E-state index is 13.6. The standard InChI is InChI=1S/C29H38FN3S.CH3NO/c1-7-20(3)26-18-24(32-29(25(26)8-2)22-10-12-23(30)13-11-22)15-16-33(5)19-21-9-14-27(31-4)28(17-21)34-6;2-1-3/h9-14,17-18,20,31H,7-8,15-16,19H2,1-6H3;1H,(H2,2,3). The van der Waals surface area contributed by atoms with Gasteiger partial charge in [0.15, 0.2) is 0 Å². The number of pyridine rings is 1. The fraction of sp³-hybridized carbons (Fsp3) is 0.400. The number of halogens is 1. The first-order valence-electron chi connectivity index (χ1n) is 12.8. The average Bonchev–Trinajstić information content (AvgIpc) is 2.91. The number of carbonyl (C=O) groups is 1. The van der Waals surface area contributed by atoms with Crippen LogP contribution in [-0.2, 0) is 24.2 Å². The maximum absolute atomic E-state index is 13.6. The SMILES string of the molecule is CCc1c(C(C)CC)cc(CCN(C)Cc2ccc(NC)c(SC)c2)nc1-c1ccc(F)cc1.NC=O. The lowest BCUT2D eigenvalue weighted by molar-refractivity contribution is -0.106. The van der Waals surface area contributed by atoms with E-state index in [1.807, 2.05) is 19.2 Å². The topological polar surface area (TPSA) is 71.2 Å². The minimum absolute atomic E-state index is 0.214. The van der Waals surface area contributed by atoms with E-state index in [1.165, 1.54) is 39.4 Å². The van der Waals surface area contributed by atoms with Gasteiger partial charge >= 0.3 is 0 Å². The highest BCUT2D eigenvalue weighted by Gasteiger charge is 2.17. The minimum atomic E-state index is -0.214. The molecule has 0 aliphatic carbocycles. The number of rotatable bonds is 11. The van der Waals surface area contributed by atoms with Crippen LogP contribution in [0.15, 0.2) is 53.4 Å². The zero-order valence-corrected chi connectivity index (χ0v) is 23.8. The van der Waals surface area contributed by atoms with E-state index in [9.17, 15) is 4.39 Å². The van der Waals surface area contributed by atoms with Gasteiger partial charge in [-0.1, -0.05) is 26.8 Å². The summed E-state index contributed by atoms with van der Waals surface area (Å²) in [6.45, 7) is 8.53. The lowest BCUT2D eigenvalue weighted by atomic mass is 9.89. The van der Waals surface area contributed by atoms with E-state index in [0.717, 1.165) is 49.3 Å². The normalized spacial score (nSPS) is 11.6. The molecule has 2 aromatic carbocycles. The summed E-state index contributed by atoms with van der Waals surface area (Å²) in [5.41, 5.74) is 12.4. The predicted molar refractivity (Wildman–Crippen MR) is 156 cm³/mol. The van der Waals surface area contributed by atoms with Gasteiger partial charge in [0.1, 0.15) is 5.82 Å². The van der Waals surface area contributed by atoms with E-state index in [0.29, 0.717) is 5.92 Å². The monoisotopic (exact) mass is 524 g/mol. The number of nitrogens with two attached hydrogens (primary N) is 1. The van der Waals surface area contributed by atoms with Crippen LogP contribution < -0.4 is 11.1 Å². The molecule has 0 aliphatic heterocycles. The van der Waals surface area contributed by atoms with E-state index in [2.05, 4.69) is 74.3 Å². The van der Waals surface area contributed by atoms with Crippen molar-refractivity contribution in [3.05, 3.63) is 76.7 Å². The van der Waals surface area contributed by atoms with Crippen LogP contribution in [0.4, 0.5) is 10.1 Å². The van der Waals surface area contributed by atoms with E-state index >= 15 is 0 Å². The molecule has 0 radical (unpaired) electrons. The first-order chi connectivity index (χ1) is 17.8. The Morgan fingerprint density at radius 1 is 1.16 bits per heavy atom. The molecule has 3 N–H and O–H groups in total.